The zero-order chi connectivity index (χ0) is 37.9. The molecule has 0 aromatic heterocycles. The molecule has 0 aromatic carbocycles. The minimum atomic E-state index is -1.49. The van der Waals surface area contributed by atoms with Crippen molar-refractivity contribution in [3.63, 3.8) is 0 Å². The van der Waals surface area contributed by atoms with Crippen LogP contribution in [0.25, 0.3) is 0 Å². The largest absolute Gasteiger partial charge is 2.00 e. The molecule has 5 N–H and O–H groups in total. The van der Waals surface area contributed by atoms with Gasteiger partial charge in [-0.1, -0.05) is 194 Å². The summed E-state index contributed by atoms with van der Waals surface area (Å²) in [6, 6.07) is 0. The molecule has 9 nitrogen and oxygen atoms in total. The van der Waals surface area contributed by atoms with Crippen molar-refractivity contribution in [3.05, 3.63) is 0 Å². The van der Waals surface area contributed by atoms with Crippen LogP contribution in [0.3, 0.4) is 0 Å². The fraction of sp³-hybridized carbons (Fsp3) is 0.951. The minimum Gasteiger partial charge on any atom is -0.550 e. The number of aliphatic carboxylic acids is 2. The maximum atomic E-state index is 10.2. The van der Waals surface area contributed by atoms with Crippen LogP contribution in [0.1, 0.15) is 219 Å². The summed E-state index contributed by atoms with van der Waals surface area (Å²) in [4.78, 5) is 20.4. The Kier molecular flexibility index (Phi) is 55.6. The summed E-state index contributed by atoms with van der Waals surface area (Å²) in [5.41, 5.74) is 0. The predicted octanol–water partition coefficient (Wildman–Crippen LogP) is 6.67. The van der Waals surface area contributed by atoms with Gasteiger partial charge in [0.1, 0.15) is 18.3 Å². The summed E-state index contributed by atoms with van der Waals surface area (Å²) in [5, 5.41) is 63.0. The number of hydrogen-bond acceptors (Lipinski definition) is 9. The van der Waals surface area contributed by atoms with E-state index in [0.717, 1.165) is 25.7 Å². The van der Waals surface area contributed by atoms with Crippen LogP contribution in [0.15, 0.2) is 0 Å². The Balaban J connectivity index is -0.000000340. The zero-order valence-electron chi connectivity index (χ0n) is 33.3. The van der Waals surface area contributed by atoms with Gasteiger partial charge in [-0.3, -0.25) is 0 Å². The SMILES string of the molecule is CCCCCCCCCCCCCCCCCC(=O)[O-].CCCCCCCCCCCCCCCCCC(=O)[O-].OC[C@@H](O)C(O)[C@@H](O)CO.[Mg+2]. The van der Waals surface area contributed by atoms with E-state index in [9.17, 15) is 19.8 Å². The van der Waals surface area contributed by atoms with Gasteiger partial charge in [0.2, 0.25) is 0 Å². The van der Waals surface area contributed by atoms with E-state index in [1.807, 2.05) is 0 Å². The van der Waals surface area contributed by atoms with Crippen molar-refractivity contribution in [2.45, 2.75) is 238 Å². The number of aliphatic hydroxyl groups excluding tert-OH is 5. The molecule has 0 aliphatic heterocycles. The van der Waals surface area contributed by atoms with Crippen molar-refractivity contribution in [2.75, 3.05) is 13.2 Å². The molecule has 1 unspecified atom stereocenters. The van der Waals surface area contributed by atoms with Crippen molar-refractivity contribution < 1.29 is 45.3 Å². The maximum absolute atomic E-state index is 10.2. The molecule has 0 fully saturated rings. The number of unbranched alkanes of at least 4 members (excludes halogenated alkanes) is 28. The topological polar surface area (TPSA) is 181 Å². The summed E-state index contributed by atoms with van der Waals surface area (Å²) in [7, 11) is 0. The van der Waals surface area contributed by atoms with E-state index in [0.29, 0.717) is 0 Å². The second-order valence-electron chi connectivity index (χ2n) is 14.1. The van der Waals surface area contributed by atoms with Gasteiger partial charge in [0.15, 0.2) is 0 Å². The standard InChI is InChI=1S/2C18H36O2.C5H12O5.Mg/c2*1-2-3-4-5-6-7-8-9-10-11-12-13-14-15-16-17-18(19)20;6-1-3(8)5(10)4(9)2-7;/h2*2-17H2,1H3,(H,19,20);3-10H,1-2H2;/q;;;+2/p-2/t;;3-,4+,5?;. The first-order valence-electron chi connectivity index (χ1n) is 20.8. The molecule has 0 saturated heterocycles. The van der Waals surface area contributed by atoms with E-state index in [1.54, 1.807) is 0 Å². The molecule has 0 rings (SSSR count). The molecule has 0 heterocycles. The number of aliphatic hydroxyl groups is 5. The number of carboxylic acid groups (broad SMARTS) is 2. The molecular weight excluding hydrogens is 661 g/mol. The van der Waals surface area contributed by atoms with Gasteiger partial charge in [-0.2, -0.15) is 0 Å². The first kappa shape index (κ1) is 57.2. The molecule has 0 aliphatic rings. The molecule has 0 amide bonds. The van der Waals surface area contributed by atoms with Gasteiger partial charge in [-0.15, -0.1) is 0 Å². The van der Waals surface area contributed by atoms with Crippen LogP contribution in [-0.2, 0) is 9.59 Å². The Morgan fingerprint density at radius 2 is 0.569 bits per heavy atom. The van der Waals surface area contributed by atoms with E-state index in [1.165, 1.54) is 167 Å². The van der Waals surface area contributed by atoms with E-state index in [-0.39, 0.29) is 35.9 Å². The van der Waals surface area contributed by atoms with E-state index >= 15 is 0 Å². The van der Waals surface area contributed by atoms with Crippen LogP contribution < -0.4 is 10.2 Å². The van der Waals surface area contributed by atoms with Crippen molar-refractivity contribution in [3.8, 4) is 0 Å². The van der Waals surface area contributed by atoms with Crippen LogP contribution in [-0.4, -0.2) is 92.0 Å². The Labute approximate surface area is 330 Å². The van der Waals surface area contributed by atoms with Gasteiger partial charge in [-0.25, -0.2) is 0 Å². The zero-order valence-corrected chi connectivity index (χ0v) is 34.8. The number of carboxylic acids is 2. The van der Waals surface area contributed by atoms with Crippen molar-refractivity contribution in [2.24, 2.45) is 0 Å². The Morgan fingerprint density at radius 1 is 0.392 bits per heavy atom. The molecule has 302 valence electrons. The fourth-order valence-corrected chi connectivity index (χ4v) is 5.75. The van der Waals surface area contributed by atoms with Crippen LogP contribution in [0.2, 0.25) is 0 Å². The summed E-state index contributed by atoms with van der Waals surface area (Å²) in [5.74, 6) is -1.81. The van der Waals surface area contributed by atoms with Crippen molar-refractivity contribution in [1.82, 2.24) is 0 Å². The van der Waals surface area contributed by atoms with E-state index < -0.39 is 43.5 Å². The van der Waals surface area contributed by atoms with Gasteiger partial charge in [0.25, 0.3) is 0 Å². The van der Waals surface area contributed by atoms with E-state index in [4.69, 9.17) is 25.5 Å². The van der Waals surface area contributed by atoms with Gasteiger partial charge in [0, 0.05) is 11.9 Å². The molecule has 0 aliphatic carbocycles. The predicted molar refractivity (Wildman–Crippen MR) is 207 cm³/mol. The van der Waals surface area contributed by atoms with Crippen molar-refractivity contribution >= 4 is 35.0 Å². The second kappa shape index (κ2) is 49.5. The smallest absolute Gasteiger partial charge is 0.550 e. The first-order valence-corrected chi connectivity index (χ1v) is 20.8. The quantitative estimate of drug-likeness (QED) is 0.0346. The average Bonchev–Trinajstić information content (AvgIpc) is 3.10. The third kappa shape index (κ3) is 54.0. The normalized spacial score (nSPS) is 12.5. The summed E-state index contributed by atoms with van der Waals surface area (Å²) in [6.45, 7) is 3.25. The summed E-state index contributed by atoms with van der Waals surface area (Å²) < 4.78 is 0. The van der Waals surface area contributed by atoms with E-state index in [2.05, 4.69) is 13.8 Å². The average molecular weight is 743 g/mol. The fourth-order valence-electron chi connectivity index (χ4n) is 5.75. The molecule has 0 radical (unpaired) electrons. The number of carbonyl (C=O) groups is 2. The maximum Gasteiger partial charge on any atom is 2.00 e. The minimum absolute atomic E-state index is 0. The monoisotopic (exact) mass is 743 g/mol. The molecule has 0 saturated carbocycles. The molecule has 10 heteroatoms. The number of hydrogen-bond donors (Lipinski definition) is 5. The molecule has 0 spiro atoms. The second-order valence-corrected chi connectivity index (χ2v) is 14.1. The first-order chi connectivity index (χ1) is 24.2. The summed E-state index contributed by atoms with van der Waals surface area (Å²) in [6.07, 6.45) is 35.4. The van der Waals surface area contributed by atoms with Gasteiger partial charge < -0.3 is 45.3 Å². The molecular formula is C41H82MgO9. The third-order valence-electron chi connectivity index (χ3n) is 9.13. The Hall–Kier alpha value is -0.494. The number of carbonyl (C=O) groups excluding carboxylic acids is 2. The molecule has 51 heavy (non-hydrogen) atoms. The Morgan fingerprint density at radius 3 is 0.725 bits per heavy atom. The summed E-state index contributed by atoms with van der Waals surface area (Å²) >= 11 is 0. The molecule has 3 atom stereocenters. The van der Waals surface area contributed by atoms with Crippen LogP contribution in [0.5, 0.6) is 0 Å². The van der Waals surface area contributed by atoms with Crippen LogP contribution >= 0.6 is 0 Å². The van der Waals surface area contributed by atoms with Crippen LogP contribution in [0.4, 0.5) is 0 Å². The molecule has 0 bridgehead atoms. The third-order valence-corrected chi connectivity index (χ3v) is 9.13. The number of rotatable bonds is 36. The van der Waals surface area contributed by atoms with Gasteiger partial charge in [-0.05, 0) is 25.7 Å². The van der Waals surface area contributed by atoms with Gasteiger partial charge in [0.05, 0.1) is 13.2 Å². The van der Waals surface area contributed by atoms with Crippen LogP contribution in [0, 0.1) is 0 Å². The van der Waals surface area contributed by atoms with Gasteiger partial charge >= 0.3 is 23.1 Å². The van der Waals surface area contributed by atoms with Crippen molar-refractivity contribution in [1.29, 1.82) is 0 Å². The Bertz CT molecular complexity index is 615. The molecule has 0 aromatic rings.